The lowest BCUT2D eigenvalue weighted by Gasteiger charge is -1.81. The Morgan fingerprint density at radius 3 is 2.92 bits per heavy atom. The second-order valence-corrected chi connectivity index (χ2v) is 2.37. The summed E-state index contributed by atoms with van der Waals surface area (Å²) >= 11 is 0. The van der Waals surface area contributed by atoms with Gasteiger partial charge in [0.1, 0.15) is 0 Å². The van der Waals surface area contributed by atoms with E-state index in [0.717, 1.165) is 11.3 Å². The molecular formula is C8H8N4. The summed E-state index contributed by atoms with van der Waals surface area (Å²) in [5, 5.41) is 6.55. The van der Waals surface area contributed by atoms with Crippen LogP contribution in [0, 0.1) is 0 Å². The third-order valence-electron chi connectivity index (χ3n) is 1.49. The molecule has 0 aliphatic rings. The molecule has 0 spiro atoms. The monoisotopic (exact) mass is 160 g/mol. The van der Waals surface area contributed by atoms with Crippen LogP contribution in [0.15, 0.2) is 24.9 Å². The Hall–Kier alpha value is -1.84. The molecule has 4 heteroatoms. The highest BCUT2D eigenvalue weighted by atomic mass is 15.1. The van der Waals surface area contributed by atoms with Crippen LogP contribution in [0.1, 0.15) is 11.3 Å². The average molecular weight is 160 g/mol. The first-order chi connectivity index (χ1) is 5.95. The summed E-state index contributed by atoms with van der Waals surface area (Å²) in [5.41, 5.74) is 2.03. The van der Waals surface area contributed by atoms with Gasteiger partial charge in [0, 0.05) is 11.8 Å². The third-order valence-corrected chi connectivity index (χ3v) is 1.49. The van der Waals surface area contributed by atoms with Crippen LogP contribution in [0.2, 0.25) is 0 Å². The van der Waals surface area contributed by atoms with Gasteiger partial charge in [-0.25, -0.2) is 4.98 Å². The van der Waals surface area contributed by atoms with Crippen LogP contribution in [-0.4, -0.2) is 20.2 Å². The van der Waals surface area contributed by atoms with Crippen molar-refractivity contribution < 1.29 is 0 Å². The number of hydrogen-bond acceptors (Lipinski definition) is 2. The van der Waals surface area contributed by atoms with Crippen LogP contribution in [0.3, 0.4) is 0 Å². The number of H-pyrrole nitrogens is 2. The summed E-state index contributed by atoms with van der Waals surface area (Å²) in [7, 11) is 0. The lowest BCUT2D eigenvalue weighted by molar-refractivity contribution is 1.09. The Morgan fingerprint density at radius 1 is 1.25 bits per heavy atom. The number of imidazole rings is 1. The molecule has 0 unspecified atom stereocenters. The maximum atomic E-state index is 3.89. The van der Waals surface area contributed by atoms with Crippen molar-refractivity contribution in [2.75, 3.05) is 0 Å². The van der Waals surface area contributed by atoms with Crippen LogP contribution in [0.4, 0.5) is 0 Å². The molecule has 0 saturated carbocycles. The number of hydrogen-bond donors (Lipinski definition) is 2. The van der Waals surface area contributed by atoms with E-state index in [-0.39, 0.29) is 0 Å². The fourth-order valence-electron chi connectivity index (χ4n) is 0.896. The Bertz CT molecular complexity index is 308. The largest absolute Gasteiger partial charge is 0.345 e. The van der Waals surface area contributed by atoms with Gasteiger partial charge in [0.15, 0.2) is 0 Å². The van der Waals surface area contributed by atoms with Gasteiger partial charge in [0.25, 0.3) is 0 Å². The van der Waals surface area contributed by atoms with Crippen LogP contribution >= 0.6 is 0 Å². The second kappa shape index (κ2) is 3.04. The molecule has 12 heavy (non-hydrogen) atoms. The number of nitrogens with one attached hydrogen (secondary N) is 2. The molecule has 2 rings (SSSR count). The minimum atomic E-state index is 0.983. The number of aromatic amines is 2. The van der Waals surface area contributed by atoms with Crippen molar-refractivity contribution in [3.63, 3.8) is 0 Å². The molecule has 2 aromatic heterocycles. The van der Waals surface area contributed by atoms with Crippen molar-refractivity contribution in [1.82, 2.24) is 20.2 Å². The van der Waals surface area contributed by atoms with E-state index in [9.17, 15) is 0 Å². The Kier molecular flexibility index (Phi) is 1.74. The van der Waals surface area contributed by atoms with Gasteiger partial charge in [0.05, 0.1) is 24.4 Å². The van der Waals surface area contributed by atoms with E-state index in [1.807, 2.05) is 18.3 Å². The van der Waals surface area contributed by atoms with Crippen molar-refractivity contribution in [2.45, 2.75) is 0 Å². The Labute approximate surface area is 69.4 Å². The number of aromatic nitrogens is 4. The molecule has 4 nitrogen and oxygen atoms in total. The summed E-state index contributed by atoms with van der Waals surface area (Å²) in [4.78, 5) is 6.86. The van der Waals surface area contributed by atoms with Gasteiger partial charge in [0.2, 0.25) is 0 Å². The van der Waals surface area contributed by atoms with Crippen LogP contribution in [-0.2, 0) is 0 Å². The maximum absolute atomic E-state index is 3.89. The zero-order chi connectivity index (χ0) is 8.23. The molecule has 0 aliphatic heterocycles. The van der Waals surface area contributed by atoms with Gasteiger partial charge < -0.3 is 4.98 Å². The number of nitrogens with zero attached hydrogens (tertiary/aromatic N) is 2. The topological polar surface area (TPSA) is 57.4 Å². The SMILES string of the molecule is C(=C\c1cnc[nH]1)/c1cn[nH]c1. The van der Waals surface area contributed by atoms with Crippen molar-refractivity contribution in [1.29, 1.82) is 0 Å². The molecule has 0 aromatic carbocycles. The molecule has 0 fully saturated rings. The van der Waals surface area contributed by atoms with E-state index >= 15 is 0 Å². The minimum absolute atomic E-state index is 0.983. The summed E-state index contributed by atoms with van der Waals surface area (Å²) in [6.45, 7) is 0. The van der Waals surface area contributed by atoms with E-state index in [2.05, 4.69) is 20.2 Å². The zero-order valence-corrected chi connectivity index (χ0v) is 6.36. The second-order valence-electron chi connectivity index (χ2n) is 2.37. The van der Waals surface area contributed by atoms with Gasteiger partial charge in [-0.15, -0.1) is 0 Å². The van der Waals surface area contributed by atoms with Gasteiger partial charge in [-0.2, -0.15) is 5.10 Å². The predicted molar refractivity (Wildman–Crippen MR) is 46.1 cm³/mol. The molecule has 0 bridgehead atoms. The van der Waals surface area contributed by atoms with E-state index < -0.39 is 0 Å². The van der Waals surface area contributed by atoms with Crippen LogP contribution in [0.5, 0.6) is 0 Å². The van der Waals surface area contributed by atoms with Crippen molar-refractivity contribution in [3.8, 4) is 0 Å². The van der Waals surface area contributed by atoms with Crippen molar-refractivity contribution >= 4 is 12.2 Å². The molecule has 2 heterocycles. The summed E-state index contributed by atoms with van der Waals surface area (Å²) in [6.07, 6.45) is 10.9. The first-order valence-electron chi connectivity index (χ1n) is 3.60. The van der Waals surface area contributed by atoms with Crippen LogP contribution < -0.4 is 0 Å². The average Bonchev–Trinajstić information content (AvgIpc) is 2.74. The summed E-state index contributed by atoms with van der Waals surface area (Å²) < 4.78 is 0. The summed E-state index contributed by atoms with van der Waals surface area (Å²) in [5.74, 6) is 0. The van der Waals surface area contributed by atoms with Gasteiger partial charge in [-0.1, -0.05) is 0 Å². The van der Waals surface area contributed by atoms with E-state index in [4.69, 9.17) is 0 Å². The molecule has 0 amide bonds. The van der Waals surface area contributed by atoms with Crippen molar-refractivity contribution in [2.24, 2.45) is 0 Å². The highest BCUT2D eigenvalue weighted by Crippen LogP contribution is 2.02. The number of rotatable bonds is 2. The van der Waals surface area contributed by atoms with Gasteiger partial charge in [-0.3, -0.25) is 5.10 Å². The van der Waals surface area contributed by atoms with Gasteiger partial charge in [-0.05, 0) is 12.2 Å². The summed E-state index contributed by atoms with van der Waals surface area (Å²) in [6, 6.07) is 0. The predicted octanol–water partition coefficient (Wildman–Crippen LogP) is 1.30. The molecule has 0 atom stereocenters. The molecule has 2 aromatic rings. The fraction of sp³-hybridized carbons (Fsp3) is 0. The van der Waals surface area contributed by atoms with E-state index in [1.165, 1.54) is 0 Å². The molecule has 2 N–H and O–H groups in total. The lowest BCUT2D eigenvalue weighted by atomic mass is 10.3. The van der Waals surface area contributed by atoms with Crippen molar-refractivity contribution in [3.05, 3.63) is 36.2 Å². The van der Waals surface area contributed by atoms with Crippen LogP contribution in [0.25, 0.3) is 12.2 Å². The smallest absolute Gasteiger partial charge is 0.0924 e. The van der Waals surface area contributed by atoms with E-state index in [0.29, 0.717) is 0 Å². The Balaban J connectivity index is 2.14. The third kappa shape index (κ3) is 1.42. The van der Waals surface area contributed by atoms with E-state index in [1.54, 1.807) is 18.7 Å². The molecular weight excluding hydrogens is 152 g/mol. The normalized spacial score (nSPS) is 11.0. The Morgan fingerprint density at radius 2 is 2.25 bits per heavy atom. The molecule has 0 radical (unpaired) electrons. The quantitative estimate of drug-likeness (QED) is 0.695. The molecule has 0 saturated heterocycles. The highest BCUT2D eigenvalue weighted by Gasteiger charge is 1.87. The molecule has 60 valence electrons. The minimum Gasteiger partial charge on any atom is -0.345 e. The zero-order valence-electron chi connectivity index (χ0n) is 6.36. The fourth-order valence-corrected chi connectivity index (χ4v) is 0.896. The first kappa shape index (κ1) is 6.84. The highest BCUT2D eigenvalue weighted by molar-refractivity contribution is 5.66. The first-order valence-corrected chi connectivity index (χ1v) is 3.60. The standard InChI is InChI=1S/C8H8N4/c1(7-3-11-12-4-7)2-8-5-9-6-10-8/h1-6H,(H,9,10)(H,11,12)/b2-1+. The lowest BCUT2D eigenvalue weighted by Crippen LogP contribution is -1.67. The van der Waals surface area contributed by atoms with Gasteiger partial charge >= 0.3 is 0 Å². The maximum Gasteiger partial charge on any atom is 0.0924 e. The molecule has 0 aliphatic carbocycles.